The number of amidine groups is 1. The molecule has 1 amide bonds. The van der Waals surface area contributed by atoms with Crippen LogP contribution in [-0.4, -0.2) is 35.2 Å². The summed E-state index contributed by atoms with van der Waals surface area (Å²) in [5.74, 6) is -1.43. The number of carboxylic acid groups (broad SMARTS) is 1. The molecule has 0 spiro atoms. The Kier molecular flexibility index (Phi) is 5.13. The van der Waals surface area contributed by atoms with Crippen LogP contribution in [0, 0.1) is 0 Å². The van der Waals surface area contributed by atoms with Gasteiger partial charge in [0.1, 0.15) is 12.4 Å². The third-order valence-corrected chi connectivity index (χ3v) is 2.22. The van der Waals surface area contributed by atoms with Gasteiger partial charge >= 0.3 is 5.97 Å². The maximum absolute atomic E-state index is 11.7. The Morgan fingerprint density at radius 3 is 2.67 bits per heavy atom. The van der Waals surface area contributed by atoms with Gasteiger partial charge in [-0.3, -0.25) is 9.59 Å². The Morgan fingerprint density at radius 1 is 1.39 bits per heavy atom. The van der Waals surface area contributed by atoms with Crippen LogP contribution in [-0.2, 0) is 4.79 Å². The van der Waals surface area contributed by atoms with E-state index in [1.165, 1.54) is 6.07 Å². The number of carbonyl (C=O) groups is 2. The van der Waals surface area contributed by atoms with Crippen molar-refractivity contribution in [3.63, 3.8) is 0 Å². The van der Waals surface area contributed by atoms with Gasteiger partial charge in [-0.2, -0.15) is 0 Å². The first-order chi connectivity index (χ1) is 8.54. The minimum atomic E-state index is -1.12. The average Bonchev–Trinajstić information content (AvgIpc) is 2.36. The maximum Gasteiger partial charge on any atom is 0.322 e. The summed E-state index contributed by atoms with van der Waals surface area (Å²) in [6, 6.07) is 6.45. The average molecular weight is 270 g/mol. The van der Waals surface area contributed by atoms with Crippen LogP contribution in [0.25, 0.3) is 0 Å². The van der Waals surface area contributed by atoms with Crippen LogP contribution in [0.1, 0.15) is 10.4 Å². The number of nitrogens with zero attached hydrogens (tertiary/aromatic N) is 1. The number of alkyl halides is 1. The summed E-state index contributed by atoms with van der Waals surface area (Å²) in [5, 5.41) is 10.7. The Bertz CT molecular complexity index is 488. The highest BCUT2D eigenvalue weighted by atomic mass is 35.5. The molecular weight excluding hydrogens is 258 g/mol. The molecule has 0 aliphatic carbocycles. The molecule has 1 rings (SSSR count). The number of halogens is 1. The van der Waals surface area contributed by atoms with E-state index in [0.717, 1.165) is 0 Å². The van der Waals surface area contributed by atoms with Gasteiger partial charge in [-0.05, 0) is 12.1 Å². The molecule has 0 saturated carbocycles. The number of aliphatic carboxylic acids is 1. The van der Waals surface area contributed by atoms with Crippen molar-refractivity contribution in [1.82, 2.24) is 5.32 Å². The standard InChI is InChI=1S/C11H12ClN3O3/c12-5-9(13)15-8-4-2-1-3-7(8)11(18)14-6-10(16)17/h1-4H,5-6H2,(H2,13,15)(H,14,18)(H,16,17). The zero-order chi connectivity index (χ0) is 13.5. The van der Waals surface area contributed by atoms with Crippen LogP contribution < -0.4 is 11.1 Å². The Balaban J connectivity index is 2.94. The molecule has 0 aliphatic rings. The Labute approximate surface area is 108 Å². The topological polar surface area (TPSA) is 105 Å². The highest BCUT2D eigenvalue weighted by Crippen LogP contribution is 2.18. The van der Waals surface area contributed by atoms with Crippen molar-refractivity contribution < 1.29 is 14.7 Å². The molecule has 0 fully saturated rings. The normalized spacial score (nSPS) is 11.1. The second-order valence-electron chi connectivity index (χ2n) is 3.33. The van der Waals surface area contributed by atoms with Gasteiger partial charge in [0.2, 0.25) is 0 Å². The van der Waals surface area contributed by atoms with Crippen LogP contribution in [0.4, 0.5) is 5.69 Å². The van der Waals surface area contributed by atoms with E-state index in [9.17, 15) is 9.59 Å². The van der Waals surface area contributed by atoms with Crippen LogP contribution >= 0.6 is 11.6 Å². The quantitative estimate of drug-likeness (QED) is 0.416. The summed E-state index contributed by atoms with van der Waals surface area (Å²) >= 11 is 5.50. The number of nitrogens with one attached hydrogen (secondary N) is 1. The molecule has 0 heterocycles. The van der Waals surface area contributed by atoms with Crippen LogP contribution in [0.5, 0.6) is 0 Å². The Hall–Kier alpha value is -2.08. The van der Waals surface area contributed by atoms with Crippen LogP contribution in [0.3, 0.4) is 0 Å². The van der Waals surface area contributed by atoms with Crippen LogP contribution in [0.2, 0.25) is 0 Å². The molecule has 4 N–H and O–H groups in total. The molecule has 1 aromatic carbocycles. The molecule has 0 unspecified atom stereocenters. The van der Waals surface area contributed by atoms with Gasteiger partial charge in [-0.25, -0.2) is 4.99 Å². The van der Waals surface area contributed by atoms with Gasteiger partial charge in [0.15, 0.2) is 0 Å². The van der Waals surface area contributed by atoms with E-state index < -0.39 is 18.4 Å². The van der Waals surface area contributed by atoms with E-state index in [0.29, 0.717) is 5.69 Å². The van der Waals surface area contributed by atoms with Gasteiger partial charge in [0, 0.05) is 0 Å². The molecule has 0 radical (unpaired) electrons. The molecule has 7 heteroatoms. The van der Waals surface area contributed by atoms with E-state index in [1.54, 1.807) is 18.2 Å². The zero-order valence-electron chi connectivity index (χ0n) is 9.39. The first kappa shape index (κ1) is 14.0. The van der Waals surface area contributed by atoms with Crippen LogP contribution in [0.15, 0.2) is 29.3 Å². The predicted molar refractivity (Wildman–Crippen MR) is 68.4 cm³/mol. The zero-order valence-corrected chi connectivity index (χ0v) is 10.1. The second-order valence-corrected chi connectivity index (χ2v) is 3.60. The molecule has 0 bridgehead atoms. The first-order valence-electron chi connectivity index (χ1n) is 5.02. The highest BCUT2D eigenvalue weighted by molar-refractivity contribution is 6.28. The lowest BCUT2D eigenvalue weighted by Crippen LogP contribution is -2.29. The molecule has 0 saturated heterocycles. The van der Waals surface area contributed by atoms with Gasteiger partial charge in [-0.1, -0.05) is 12.1 Å². The third kappa shape index (κ3) is 4.06. The van der Waals surface area contributed by atoms with Crippen molar-refractivity contribution in [2.75, 3.05) is 12.4 Å². The van der Waals surface area contributed by atoms with E-state index in [2.05, 4.69) is 10.3 Å². The van der Waals surface area contributed by atoms with Crippen molar-refractivity contribution in [2.24, 2.45) is 10.7 Å². The second kappa shape index (κ2) is 6.61. The summed E-state index contributed by atoms with van der Waals surface area (Å²) in [5.41, 5.74) is 6.08. The predicted octanol–water partition coefficient (Wildman–Crippen LogP) is 0.728. The van der Waals surface area contributed by atoms with Crippen molar-refractivity contribution in [3.05, 3.63) is 29.8 Å². The number of nitrogens with two attached hydrogens (primary N) is 1. The van der Waals surface area contributed by atoms with Crippen molar-refractivity contribution in [2.45, 2.75) is 0 Å². The molecule has 1 aromatic rings. The fourth-order valence-electron chi connectivity index (χ4n) is 1.20. The highest BCUT2D eigenvalue weighted by Gasteiger charge is 2.11. The van der Waals surface area contributed by atoms with Gasteiger partial charge in [-0.15, -0.1) is 11.6 Å². The number of para-hydroxylation sites is 1. The van der Waals surface area contributed by atoms with Gasteiger partial charge in [0.05, 0.1) is 17.1 Å². The molecule has 0 atom stereocenters. The largest absolute Gasteiger partial charge is 0.480 e. The monoisotopic (exact) mass is 269 g/mol. The number of benzene rings is 1. The third-order valence-electron chi connectivity index (χ3n) is 1.95. The smallest absolute Gasteiger partial charge is 0.322 e. The molecule has 6 nitrogen and oxygen atoms in total. The number of hydrogen-bond donors (Lipinski definition) is 3. The minimum absolute atomic E-state index is 0.0467. The maximum atomic E-state index is 11.7. The first-order valence-corrected chi connectivity index (χ1v) is 5.56. The summed E-state index contributed by atoms with van der Waals surface area (Å²) in [6.07, 6.45) is 0. The molecule has 0 aliphatic heterocycles. The van der Waals surface area contributed by atoms with E-state index >= 15 is 0 Å². The molecule has 96 valence electrons. The summed E-state index contributed by atoms with van der Waals surface area (Å²) in [6.45, 7) is -0.456. The summed E-state index contributed by atoms with van der Waals surface area (Å²) in [4.78, 5) is 26.1. The number of carboxylic acids is 1. The van der Waals surface area contributed by atoms with E-state index in [-0.39, 0.29) is 17.3 Å². The Morgan fingerprint density at radius 2 is 2.06 bits per heavy atom. The lowest BCUT2D eigenvalue weighted by atomic mass is 10.1. The fraction of sp³-hybridized carbons (Fsp3) is 0.182. The molecule has 18 heavy (non-hydrogen) atoms. The number of carbonyl (C=O) groups excluding carboxylic acids is 1. The fourth-order valence-corrected chi connectivity index (χ4v) is 1.26. The number of rotatable bonds is 5. The van der Waals surface area contributed by atoms with Gasteiger partial charge in [0.25, 0.3) is 5.91 Å². The SMILES string of the molecule is NC(CCl)=Nc1ccccc1C(=O)NCC(=O)O. The van der Waals surface area contributed by atoms with E-state index in [1.807, 2.05) is 0 Å². The molecular formula is C11H12ClN3O3. The van der Waals surface area contributed by atoms with Crippen molar-refractivity contribution in [3.8, 4) is 0 Å². The van der Waals surface area contributed by atoms with E-state index in [4.69, 9.17) is 22.4 Å². The molecule has 0 aromatic heterocycles. The van der Waals surface area contributed by atoms with Crippen molar-refractivity contribution in [1.29, 1.82) is 0 Å². The lowest BCUT2D eigenvalue weighted by Gasteiger charge is -2.06. The number of hydrogen-bond acceptors (Lipinski definition) is 3. The lowest BCUT2D eigenvalue weighted by molar-refractivity contribution is -0.135. The number of aliphatic imine (C=N–C) groups is 1. The summed E-state index contributed by atoms with van der Waals surface area (Å²) < 4.78 is 0. The van der Waals surface area contributed by atoms with Gasteiger partial charge < -0.3 is 16.2 Å². The van der Waals surface area contributed by atoms with Crippen molar-refractivity contribution >= 4 is 35.0 Å². The number of amides is 1. The minimum Gasteiger partial charge on any atom is -0.480 e. The summed E-state index contributed by atoms with van der Waals surface area (Å²) in [7, 11) is 0.